The van der Waals surface area contributed by atoms with E-state index in [2.05, 4.69) is 20.0 Å². The molecule has 0 atom stereocenters. The average molecular weight is 223 g/mol. The molecule has 88 valence electrons. The molecule has 0 aliphatic carbocycles. The summed E-state index contributed by atoms with van der Waals surface area (Å²) in [6.45, 7) is 6.04. The van der Waals surface area contributed by atoms with Gasteiger partial charge in [-0.05, 0) is 0 Å². The van der Waals surface area contributed by atoms with Crippen LogP contribution in [0.2, 0.25) is 0 Å². The highest BCUT2D eigenvalue weighted by Crippen LogP contribution is 2.21. The summed E-state index contributed by atoms with van der Waals surface area (Å²) in [5.41, 5.74) is 0.193. The molecule has 0 amide bonds. The second kappa shape index (κ2) is 4.47. The maximum Gasteiger partial charge on any atom is 0.343 e. The van der Waals surface area contributed by atoms with Gasteiger partial charge >= 0.3 is 5.97 Å². The predicted octanol–water partition coefficient (Wildman–Crippen LogP) is 1.60. The van der Waals surface area contributed by atoms with Gasteiger partial charge in [0.1, 0.15) is 17.2 Å². The average Bonchev–Trinajstić information content (AvgIpc) is 2.26. The fraction of sp³-hybridized carbons (Fsp3) is 0.545. The van der Waals surface area contributed by atoms with E-state index in [0.29, 0.717) is 17.2 Å². The Hall–Kier alpha value is -1.65. The third-order valence-electron chi connectivity index (χ3n) is 2.10. The minimum atomic E-state index is -0.440. The van der Waals surface area contributed by atoms with E-state index in [0.717, 1.165) is 0 Å². The van der Waals surface area contributed by atoms with Crippen LogP contribution in [0.1, 0.15) is 37.0 Å². The third-order valence-corrected chi connectivity index (χ3v) is 2.10. The van der Waals surface area contributed by atoms with Crippen LogP contribution >= 0.6 is 0 Å². The lowest BCUT2D eigenvalue weighted by molar-refractivity contribution is 0.0601. The number of rotatable bonds is 2. The van der Waals surface area contributed by atoms with E-state index < -0.39 is 5.97 Å². The molecule has 0 saturated heterocycles. The number of hydrogen-bond donors (Lipinski definition) is 1. The van der Waals surface area contributed by atoms with Gasteiger partial charge < -0.3 is 10.1 Å². The van der Waals surface area contributed by atoms with Crippen LogP contribution in [0, 0.1) is 0 Å². The standard InChI is InChI=1S/C11H17N3O2/c1-11(2,3)10-13-6-7(9(15)16-5)8(12-4)14-10/h6H,1-5H3,(H,12,13,14). The number of carbonyl (C=O) groups excluding carboxylic acids is 1. The first-order valence-electron chi connectivity index (χ1n) is 5.03. The van der Waals surface area contributed by atoms with Crippen molar-refractivity contribution in [2.45, 2.75) is 26.2 Å². The largest absolute Gasteiger partial charge is 0.465 e. The van der Waals surface area contributed by atoms with Gasteiger partial charge in [-0.1, -0.05) is 20.8 Å². The molecule has 5 heteroatoms. The molecule has 0 saturated carbocycles. The molecule has 1 N–H and O–H groups in total. The van der Waals surface area contributed by atoms with Crippen molar-refractivity contribution in [1.82, 2.24) is 9.97 Å². The lowest BCUT2D eigenvalue weighted by Crippen LogP contribution is -2.19. The fourth-order valence-electron chi connectivity index (χ4n) is 1.19. The van der Waals surface area contributed by atoms with Gasteiger partial charge in [-0.2, -0.15) is 0 Å². The zero-order valence-electron chi connectivity index (χ0n) is 10.3. The number of nitrogens with zero attached hydrogens (tertiary/aromatic N) is 2. The molecule has 0 aliphatic heterocycles. The summed E-state index contributed by atoms with van der Waals surface area (Å²) in [7, 11) is 3.04. The van der Waals surface area contributed by atoms with E-state index in [1.54, 1.807) is 7.05 Å². The Morgan fingerprint density at radius 2 is 2.06 bits per heavy atom. The Bertz CT molecular complexity index is 397. The fourth-order valence-corrected chi connectivity index (χ4v) is 1.19. The summed E-state index contributed by atoms with van der Waals surface area (Å²) >= 11 is 0. The van der Waals surface area contributed by atoms with E-state index in [-0.39, 0.29) is 5.41 Å². The quantitative estimate of drug-likeness (QED) is 0.771. The Balaban J connectivity index is 3.22. The van der Waals surface area contributed by atoms with Crippen molar-refractivity contribution < 1.29 is 9.53 Å². The maximum absolute atomic E-state index is 11.4. The van der Waals surface area contributed by atoms with Crippen LogP contribution in [0.15, 0.2) is 6.20 Å². The smallest absolute Gasteiger partial charge is 0.343 e. The molecule has 0 radical (unpaired) electrons. The molecule has 1 rings (SSSR count). The summed E-state index contributed by atoms with van der Waals surface area (Å²) in [5, 5.41) is 2.87. The first-order chi connectivity index (χ1) is 7.40. The van der Waals surface area contributed by atoms with Gasteiger partial charge in [0.15, 0.2) is 0 Å². The van der Waals surface area contributed by atoms with Crippen LogP contribution in [0.25, 0.3) is 0 Å². The molecule has 5 nitrogen and oxygen atoms in total. The zero-order chi connectivity index (χ0) is 12.3. The van der Waals surface area contributed by atoms with Crippen molar-refractivity contribution in [2.75, 3.05) is 19.5 Å². The van der Waals surface area contributed by atoms with Gasteiger partial charge in [0.2, 0.25) is 0 Å². The number of esters is 1. The monoisotopic (exact) mass is 223 g/mol. The second-order valence-electron chi connectivity index (χ2n) is 4.45. The van der Waals surface area contributed by atoms with Crippen molar-refractivity contribution in [3.05, 3.63) is 17.6 Å². The van der Waals surface area contributed by atoms with E-state index in [9.17, 15) is 4.79 Å². The van der Waals surface area contributed by atoms with Crippen LogP contribution in [0.5, 0.6) is 0 Å². The number of nitrogens with one attached hydrogen (secondary N) is 1. The topological polar surface area (TPSA) is 64.1 Å². The maximum atomic E-state index is 11.4. The molecule has 1 aromatic rings. The number of aromatic nitrogens is 2. The predicted molar refractivity (Wildman–Crippen MR) is 61.6 cm³/mol. The number of hydrogen-bond acceptors (Lipinski definition) is 5. The highest BCUT2D eigenvalue weighted by Gasteiger charge is 2.21. The minimum Gasteiger partial charge on any atom is -0.465 e. The molecule has 1 heterocycles. The Morgan fingerprint density at radius 3 is 2.50 bits per heavy atom. The SMILES string of the molecule is CNc1nc(C(C)(C)C)ncc1C(=O)OC. The summed E-state index contributed by atoms with van der Waals surface area (Å²) in [6.07, 6.45) is 1.49. The van der Waals surface area contributed by atoms with Gasteiger partial charge in [0, 0.05) is 18.7 Å². The zero-order valence-corrected chi connectivity index (χ0v) is 10.3. The van der Waals surface area contributed by atoms with Gasteiger partial charge in [0.25, 0.3) is 0 Å². The van der Waals surface area contributed by atoms with E-state index in [1.807, 2.05) is 20.8 Å². The molecular weight excluding hydrogens is 206 g/mol. The molecule has 0 bridgehead atoms. The Labute approximate surface area is 95.3 Å². The summed E-state index contributed by atoms with van der Waals surface area (Å²) in [6, 6.07) is 0. The molecule has 0 aromatic carbocycles. The Morgan fingerprint density at radius 1 is 1.44 bits per heavy atom. The van der Waals surface area contributed by atoms with E-state index in [1.165, 1.54) is 13.3 Å². The van der Waals surface area contributed by atoms with Crippen LogP contribution in [0.4, 0.5) is 5.82 Å². The highest BCUT2D eigenvalue weighted by molar-refractivity contribution is 5.94. The van der Waals surface area contributed by atoms with Gasteiger partial charge in [-0.3, -0.25) is 0 Å². The number of ether oxygens (including phenoxy) is 1. The van der Waals surface area contributed by atoms with Crippen molar-refractivity contribution in [3.8, 4) is 0 Å². The van der Waals surface area contributed by atoms with Crippen molar-refractivity contribution >= 4 is 11.8 Å². The van der Waals surface area contributed by atoms with Crippen LogP contribution < -0.4 is 5.32 Å². The summed E-state index contributed by atoms with van der Waals surface area (Å²) in [5.74, 6) is 0.737. The normalized spacial score (nSPS) is 11.1. The lowest BCUT2D eigenvalue weighted by Gasteiger charge is -2.17. The third kappa shape index (κ3) is 2.48. The molecule has 1 aromatic heterocycles. The summed E-state index contributed by atoms with van der Waals surface area (Å²) < 4.78 is 4.65. The second-order valence-corrected chi connectivity index (χ2v) is 4.45. The van der Waals surface area contributed by atoms with Crippen LogP contribution in [0.3, 0.4) is 0 Å². The molecule has 0 unspecified atom stereocenters. The molecule has 0 aliphatic rings. The van der Waals surface area contributed by atoms with Crippen molar-refractivity contribution in [2.24, 2.45) is 0 Å². The summed E-state index contributed by atoms with van der Waals surface area (Å²) in [4.78, 5) is 19.9. The van der Waals surface area contributed by atoms with Gasteiger partial charge in [0.05, 0.1) is 7.11 Å². The number of anilines is 1. The molecular formula is C11H17N3O2. The highest BCUT2D eigenvalue weighted by atomic mass is 16.5. The molecule has 0 fully saturated rings. The van der Waals surface area contributed by atoms with Crippen molar-refractivity contribution in [3.63, 3.8) is 0 Å². The first kappa shape index (κ1) is 12.4. The Kier molecular flexibility index (Phi) is 3.47. The van der Waals surface area contributed by atoms with Crippen molar-refractivity contribution in [1.29, 1.82) is 0 Å². The first-order valence-corrected chi connectivity index (χ1v) is 5.03. The molecule has 16 heavy (non-hydrogen) atoms. The van der Waals surface area contributed by atoms with E-state index in [4.69, 9.17) is 0 Å². The van der Waals surface area contributed by atoms with Gasteiger partial charge in [-0.15, -0.1) is 0 Å². The molecule has 0 spiro atoms. The number of methoxy groups -OCH3 is 1. The van der Waals surface area contributed by atoms with Crippen LogP contribution in [-0.4, -0.2) is 30.1 Å². The van der Waals surface area contributed by atoms with E-state index >= 15 is 0 Å². The van der Waals surface area contributed by atoms with Crippen LogP contribution in [-0.2, 0) is 10.2 Å². The van der Waals surface area contributed by atoms with Gasteiger partial charge in [-0.25, -0.2) is 14.8 Å². The number of carbonyl (C=O) groups is 1. The minimum absolute atomic E-state index is 0.153. The lowest BCUT2D eigenvalue weighted by atomic mass is 9.95.